The van der Waals surface area contributed by atoms with Crippen LogP contribution in [0.25, 0.3) is 0 Å². The van der Waals surface area contributed by atoms with Crippen molar-refractivity contribution in [3.05, 3.63) is 17.0 Å². The van der Waals surface area contributed by atoms with Gasteiger partial charge in [0.05, 0.1) is 5.54 Å². The Balaban J connectivity index is 1.80. The Kier molecular flexibility index (Phi) is 2.45. The highest BCUT2D eigenvalue weighted by Crippen LogP contribution is 2.32. The second kappa shape index (κ2) is 3.82. The molecule has 3 heterocycles. The normalized spacial score (nSPS) is 20.7. The largest absolute Gasteiger partial charge is 0.336 e. The molecule has 2 amide bonds. The zero-order valence-corrected chi connectivity index (χ0v) is 11.8. The van der Waals surface area contributed by atoms with E-state index in [1.165, 1.54) is 0 Å². The molecule has 1 N–H and O–H groups in total. The van der Waals surface area contributed by atoms with Crippen LogP contribution in [-0.4, -0.2) is 53.1 Å². The minimum absolute atomic E-state index is 0.0110. The van der Waals surface area contributed by atoms with E-state index in [1.54, 1.807) is 4.90 Å². The first-order valence-electron chi connectivity index (χ1n) is 6.51. The number of carbonyl (C=O) groups is 1. The third-order valence-corrected chi connectivity index (χ3v) is 4.46. The summed E-state index contributed by atoms with van der Waals surface area (Å²) < 4.78 is 0. The molecule has 0 atom stereocenters. The van der Waals surface area contributed by atoms with Gasteiger partial charge < -0.3 is 15.1 Å². The summed E-state index contributed by atoms with van der Waals surface area (Å²) >= 11 is 0. The lowest BCUT2D eigenvalue weighted by atomic mass is 9.90. The Morgan fingerprint density at radius 3 is 2.21 bits per heavy atom. The van der Waals surface area contributed by atoms with Gasteiger partial charge in [0.15, 0.2) is 0 Å². The van der Waals surface area contributed by atoms with Crippen LogP contribution in [0.4, 0.5) is 10.7 Å². The SMILES string of the molecule is Cc1nc(N2CC3(CNC(=O)N3C)C2)nc(C)c1C. The summed E-state index contributed by atoms with van der Waals surface area (Å²) in [5.74, 6) is 0.777. The lowest BCUT2D eigenvalue weighted by molar-refractivity contribution is 0.150. The maximum Gasteiger partial charge on any atom is 0.317 e. The van der Waals surface area contributed by atoms with Crippen molar-refractivity contribution < 1.29 is 4.79 Å². The fourth-order valence-corrected chi connectivity index (χ4v) is 2.72. The lowest BCUT2D eigenvalue weighted by Gasteiger charge is -2.50. The van der Waals surface area contributed by atoms with E-state index in [1.807, 2.05) is 27.8 Å². The topological polar surface area (TPSA) is 61.4 Å². The molecule has 2 aliphatic rings. The summed E-state index contributed by atoms with van der Waals surface area (Å²) in [6.45, 7) is 8.36. The highest BCUT2D eigenvalue weighted by Gasteiger charge is 2.52. The van der Waals surface area contributed by atoms with Crippen molar-refractivity contribution in [3.8, 4) is 0 Å². The molecule has 6 heteroatoms. The highest BCUT2D eigenvalue weighted by atomic mass is 16.2. The molecule has 0 aromatic carbocycles. The summed E-state index contributed by atoms with van der Waals surface area (Å²) in [4.78, 5) is 24.6. The Bertz CT molecular complexity index is 527. The lowest BCUT2D eigenvalue weighted by Crippen LogP contribution is -2.69. The molecule has 2 fully saturated rings. The summed E-state index contributed by atoms with van der Waals surface area (Å²) in [5, 5.41) is 2.89. The van der Waals surface area contributed by atoms with E-state index < -0.39 is 0 Å². The van der Waals surface area contributed by atoms with Gasteiger partial charge in [0.1, 0.15) is 0 Å². The second-order valence-electron chi connectivity index (χ2n) is 5.62. The van der Waals surface area contributed by atoms with Gasteiger partial charge in [-0.05, 0) is 26.3 Å². The van der Waals surface area contributed by atoms with Crippen molar-refractivity contribution in [2.75, 3.05) is 31.6 Å². The molecule has 0 unspecified atom stereocenters. The molecule has 0 aliphatic carbocycles. The molecule has 1 spiro atoms. The van der Waals surface area contributed by atoms with Crippen molar-refractivity contribution in [3.63, 3.8) is 0 Å². The Morgan fingerprint density at radius 2 is 1.74 bits per heavy atom. The smallest absolute Gasteiger partial charge is 0.317 e. The molecule has 19 heavy (non-hydrogen) atoms. The predicted molar refractivity (Wildman–Crippen MR) is 72.3 cm³/mol. The van der Waals surface area contributed by atoms with Crippen LogP contribution >= 0.6 is 0 Å². The zero-order valence-electron chi connectivity index (χ0n) is 11.8. The van der Waals surface area contributed by atoms with E-state index in [2.05, 4.69) is 20.2 Å². The number of amides is 2. The molecule has 102 valence electrons. The van der Waals surface area contributed by atoms with Gasteiger partial charge >= 0.3 is 6.03 Å². The minimum Gasteiger partial charge on any atom is -0.336 e. The first-order valence-corrected chi connectivity index (χ1v) is 6.51. The molecule has 0 bridgehead atoms. The van der Waals surface area contributed by atoms with E-state index >= 15 is 0 Å². The third kappa shape index (κ3) is 1.66. The molecular formula is C13H19N5O. The maximum atomic E-state index is 11.5. The number of aromatic nitrogens is 2. The third-order valence-electron chi connectivity index (χ3n) is 4.46. The van der Waals surface area contributed by atoms with Crippen molar-refractivity contribution in [2.24, 2.45) is 0 Å². The number of hydrogen-bond donors (Lipinski definition) is 1. The van der Waals surface area contributed by atoms with Gasteiger partial charge in [-0.25, -0.2) is 14.8 Å². The predicted octanol–water partition coefficient (Wildman–Crippen LogP) is 0.616. The molecule has 2 saturated heterocycles. The minimum atomic E-state index is -0.0763. The van der Waals surface area contributed by atoms with Crippen molar-refractivity contribution in [2.45, 2.75) is 26.3 Å². The first-order chi connectivity index (χ1) is 8.93. The highest BCUT2D eigenvalue weighted by molar-refractivity contribution is 5.78. The van der Waals surface area contributed by atoms with Crippen LogP contribution in [0.15, 0.2) is 0 Å². The Hall–Kier alpha value is -1.85. The number of anilines is 1. The van der Waals surface area contributed by atoms with Gasteiger partial charge in [-0.15, -0.1) is 0 Å². The van der Waals surface area contributed by atoms with Gasteiger partial charge in [-0.2, -0.15) is 0 Å². The monoisotopic (exact) mass is 261 g/mol. The number of likely N-dealkylation sites (N-methyl/N-ethyl adjacent to an activating group) is 1. The fraction of sp³-hybridized carbons (Fsp3) is 0.615. The molecule has 2 aliphatic heterocycles. The number of rotatable bonds is 1. The number of nitrogens with zero attached hydrogens (tertiary/aromatic N) is 4. The van der Waals surface area contributed by atoms with Gasteiger partial charge in [0, 0.05) is 38.1 Å². The van der Waals surface area contributed by atoms with Crippen LogP contribution in [0.1, 0.15) is 17.0 Å². The molecule has 6 nitrogen and oxygen atoms in total. The Labute approximate surface area is 112 Å². The maximum absolute atomic E-state index is 11.5. The number of aryl methyl sites for hydroxylation is 2. The number of urea groups is 1. The quantitative estimate of drug-likeness (QED) is 0.805. The van der Waals surface area contributed by atoms with Crippen molar-refractivity contribution >= 4 is 12.0 Å². The van der Waals surface area contributed by atoms with E-state index in [4.69, 9.17) is 0 Å². The molecule has 0 saturated carbocycles. The van der Waals surface area contributed by atoms with Crippen molar-refractivity contribution in [1.29, 1.82) is 0 Å². The molecule has 1 aromatic heterocycles. The van der Waals surface area contributed by atoms with Crippen LogP contribution in [0.5, 0.6) is 0 Å². The zero-order chi connectivity index (χ0) is 13.8. The van der Waals surface area contributed by atoms with Gasteiger partial charge in [-0.3, -0.25) is 0 Å². The van der Waals surface area contributed by atoms with Crippen LogP contribution in [0.3, 0.4) is 0 Å². The molecule has 0 radical (unpaired) electrons. The van der Waals surface area contributed by atoms with Crippen LogP contribution in [0.2, 0.25) is 0 Å². The molecule has 3 rings (SSSR count). The Morgan fingerprint density at radius 1 is 1.16 bits per heavy atom. The van der Waals surface area contributed by atoms with Crippen LogP contribution in [0, 0.1) is 20.8 Å². The number of nitrogens with one attached hydrogen (secondary N) is 1. The summed E-state index contributed by atoms with van der Waals surface area (Å²) in [7, 11) is 1.85. The van der Waals surface area contributed by atoms with Crippen molar-refractivity contribution in [1.82, 2.24) is 20.2 Å². The summed E-state index contributed by atoms with van der Waals surface area (Å²) in [6, 6.07) is 0.0110. The molecule has 1 aromatic rings. The van der Waals surface area contributed by atoms with E-state index in [0.29, 0.717) is 6.54 Å². The second-order valence-corrected chi connectivity index (χ2v) is 5.62. The van der Waals surface area contributed by atoms with E-state index in [9.17, 15) is 4.79 Å². The van der Waals surface area contributed by atoms with Crippen LogP contribution in [-0.2, 0) is 0 Å². The number of hydrogen-bond acceptors (Lipinski definition) is 4. The summed E-state index contributed by atoms with van der Waals surface area (Å²) in [5.41, 5.74) is 3.12. The van der Waals surface area contributed by atoms with Gasteiger partial charge in [-0.1, -0.05) is 0 Å². The van der Waals surface area contributed by atoms with Gasteiger partial charge in [0.2, 0.25) is 5.95 Å². The van der Waals surface area contributed by atoms with Gasteiger partial charge in [0.25, 0.3) is 0 Å². The average Bonchev–Trinajstić information content (AvgIpc) is 2.61. The number of carbonyl (C=O) groups excluding carboxylic acids is 1. The standard InChI is InChI=1S/C13H19N5O/c1-8-9(2)15-11(16-10(8)3)18-6-13(7-18)5-14-12(19)17(13)4/h5-7H2,1-4H3,(H,14,19). The van der Waals surface area contributed by atoms with Crippen LogP contribution < -0.4 is 10.2 Å². The molecular weight excluding hydrogens is 242 g/mol. The first kappa shape index (κ1) is 12.2. The fourth-order valence-electron chi connectivity index (χ4n) is 2.72. The van der Waals surface area contributed by atoms with E-state index in [-0.39, 0.29) is 11.6 Å². The summed E-state index contributed by atoms with van der Waals surface area (Å²) in [6.07, 6.45) is 0. The average molecular weight is 261 g/mol. The van der Waals surface area contributed by atoms with E-state index in [0.717, 1.165) is 36.0 Å².